The molecule has 0 saturated heterocycles. The Kier molecular flexibility index (Phi) is 6.36. The van der Waals surface area contributed by atoms with Gasteiger partial charge in [-0.05, 0) is 44.7 Å². The fraction of sp³-hybridized carbons (Fsp3) is 0.294. The lowest BCUT2D eigenvalue weighted by Gasteiger charge is -2.15. The van der Waals surface area contributed by atoms with Crippen LogP contribution in [0.25, 0.3) is 0 Å². The first-order valence-electron chi connectivity index (χ1n) is 7.44. The summed E-state index contributed by atoms with van der Waals surface area (Å²) < 4.78 is 0.718. The number of imide groups is 1. The lowest BCUT2D eigenvalue weighted by atomic mass is 10.1. The van der Waals surface area contributed by atoms with Gasteiger partial charge in [-0.25, -0.2) is 4.79 Å². The standard InChI is InChI=1S/C17H20ClN3O2S/c1-11-4-6-14(12(2)8-11)19-17(23)20-16(22)10-21(3)9-13-5-7-15(18)24-13/h4-8H,9-10H2,1-3H3,(H2,19,20,22,23). The second-order valence-electron chi connectivity index (χ2n) is 5.70. The maximum absolute atomic E-state index is 12.0. The molecule has 5 nitrogen and oxygen atoms in total. The van der Waals surface area contributed by atoms with Crippen LogP contribution in [0.1, 0.15) is 16.0 Å². The van der Waals surface area contributed by atoms with Crippen LogP contribution in [0.15, 0.2) is 30.3 Å². The molecule has 1 aromatic heterocycles. The Morgan fingerprint density at radius 2 is 1.96 bits per heavy atom. The van der Waals surface area contributed by atoms with Crippen LogP contribution in [-0.2, 0) is 11.3 Å². The number of anilines is 1. The number of nitrogens with one attached hydrogen (secondary N) is 2. The van der Waals surface area contributed by atoms with E-state index in [1.807, 2.05) is 56.1 Å². The second kappa shape index (κ2) is 8.28. The minimum Gasteiger partial charge on any atom is -0.307 e. The summed E-state index contributed by atoms with van der Waals surface area (Å²) in [6.45, 7) is 4.61. The van der Waals surface area contributed by atoms with E-state index in [4.69, 9.17) is 11.6 Å². The van der Waals surface area contributed by atoms with Gasteiger partial charge in [-0.1, -0.05) is 29.3 Å². The van der Waals surface area contributed by atoms with Gasteiger partial charge in [0, 0.05) is 17.1 Å². The number of rotatable bonds is 5. The Morgan fingerprint density at radius 1 is 1.21 bits per heavy atom. The molecular weight excluding hydrogens is 346 g/mol. The SMILES string of the molecule is Cc1ccc(NC(=O)NC(=O)CN(C)Cc2ccc(Cl)s2)c(C)c1. The van der Waals surface area contributed by atoms with Crippen LogP contribution in [0.3, 0.4) is 0 Å². The van der Waals surface area contributed by atoms with E-state index in [0.29, 0.717) is 12.2 Å². The van der Waals surface area contributed by atoms with E-state index < -0.39 is 6.03 Å². The number of hydrogen-bond donors (Lipinski definition) is 2. The molecule has 2 N–H and O–H groups in total. The van der Waals surface area contributed by atoms with E-state index >= 15 is 0 Å². The molecule has 2 aromatic rings. The van der Waals surface area contributed by atoms with Gasteiger partial charge in [0.25, 0.3) is 0 Å². The first kappa shape index (κ1) is 18.4. The molecule has 3 amide bonds. The summed E-state index contributed by atoms with van der Waals surface area (Å²) in [6, 6.07) is 8.92. The highest BCUT2D eigenvalue weighted by molar-refractivity contribution is 7.16. The molecular formula is C17H20ClN3O2S. The van der Waals surface area contributed by atoms with Gasteiger partial charge in [0.1, 0.15) is 0 Å². The largest absolute Gasteiger partial charge is 0.325 e. The third kappa shape index (κ3) is 5.63. The van der Waals surface area contributed by atoms with E-state index in [1.54, 1.807) is 0 Å². The molecule has 0 aliphatic carbocycles. The van der Waals surface area contributed by atoms with Gasteiger partial charge in [-0.15, -0.1) is 11.3 Å². The highest BCUT2D eigenvalue weighted by Gasteiger charge is 2.12. The average Bonchev–Trinajstić information content (AvgIpc) is 2.86. The monoisotopic (exact) mass is 365 g/mol. The smallest absolute Gasteiger partial charge is 0.307 e. The number of carbonyl (C=O) groups excluding carboxylic acids is 2. The zero-order valence-electron chi connectivity index (χ0n) is 13.9. The minimum atomic E-state index is -0.528. The number of urea groups is 1. The number of aryl methyl sites for hydroxylation is 2. The summed E-state index contributed by atoms with van der Waals surface area (Å²) in [5, 5.41) is 5.03. The Labute approximate surface area is 150 Å². The maximum atomic E-state index is 12.0. The molecule has 7 heteroatoms. The first-order chi connectivity index (χ1) is 11.3. The molecule has 1 aromatic carbocycles. The van der Waals surface area contributed by atoms with Crippen LogP contribution in [0.4, 0.5) is 10.5 Å². The zero-order valence-corrected chi connectivity index (χ0v) is 15.4. The number of hydrogen-bond acceptors (Lipinski definition) is 4. The highest BCUT2D eigenvalue weighted by Crippen LogP contribution is 2.22. The van der Waals surface area contributed by atoms with Crippen molar-refractivity contribution in [2.24, 2.45) is 0 Å². The van der Waals surface area contributed by atoms with Crippen molar-refractivity contribution in [3.05, 3.63) is 50.7 Å². The number of benzene rings is 1. The van der Waals surface area contributed by atoms with Crippen molar-refractivity contribution in [3.63, 3.8) is 0 Å². The van der Waals surface area contributed by atoms with Gasteiger partial charge in [0.15, 0.2) is 0 Å². The van der Waals surface area contributed by atoms with Crippen molar-refractivity contribution in [1.82, 2.24) is 10.2 Å². The normalized spacial score (nSPS) is 10.7. The molecule has 1 heterocycles. The highest BCUT2D eigenvalue weighted by atomic mass is 35.5. The topological polar surface area (TPSA) is 61.4 Å². The van der Waals surface area contributed by atoms with Gasteiger partial charge in [-0.2, -0.15) is 0 Å². The van der Waals surface area contributed by atoms with Gasteiger partial charge >= 0.3 is 6.03 Å². The molecule has 0 fully saturated rings. The number of thiophene rings is 1. The van der Waals surface area contributed by atoms with Crippen LogP contribution in [0.5, 0.6) is 0 Å². The summed E-state index contributed by atoms with van der Waals surface area (Å²) in [5.74, 6) is -0.359. The Morgan fingerprint density at radius 3 is 2.58 bits per heavy atom. The van der Waals surface area contributed by atoms with E-state index in [0.717, 1.165) is 20.3 Å². The quantitative estimate of drug-likeness (QED) is 0.847. The van der Waals surface area contributed by atoms with E-state index in [2.05, 4.69) is 10.6 Å². The summed E-state index contributed by atoms with van der Waals surface area (Å²) in [7, 11) is 1.81. The maximum Gasteiger partial charge on any atom is 0.325 e. The molecule has 0 spiro atoms. The van der Waals surface area contributed by atoms with Gasteiger partial charge in [0.05, 0.1) is 10.9 Å². The Balaban J connectivity index is 1.81. The number of likely N-dealkylation sites (N-methyl/N-ethyl adjacent to an activating group) is 1. The van der Waals surface area contributed by atoms with Crippen LogP contribution >= 0.6 is 22.9 Å². The second-order valence-corrected chi connectivity index (χ2v) is 7.50. The third-order valence-corrected chi connectivity index (χ3v) is 4.57. The zero-order chi connectivity index (χ0) is 17.7. The molecule has 0 atom stereocenters. The third-order valence-electron chi connectivity index (χ3n) is 3.35. The summed E-state index contributed by atoms with van der Waals surface area (Å²) in [4.78, 5) is 26.8. The predicted octanol–water partition coefficient (Wildman–Crippen LogP) is 3.80. The Hall–Kier alpha value is -1.89. The van der Waals surface area contributed by atoms with Gasteiger partial charge in [-0.3, -0.25) is 15.0 Å². The molecule has 128 valence electrons. The molecule has 0 radical (unpaired) electrons. The Bertz CT molecular complexity index is 745. The first-order valence-corrected chi connectivity index (χ1v) is 8.64. The fourth-order valence-corrected chi connectivity index (χ4v) is 3.45. The van der Waals surface area contributed by atoms with E-state index in [9.17, 15) is 9.59 Å². The molecule has 24 heavy (non-hydrogen) atoms. The fourth-order valence-electron chi connectivity index (χ4n) is 2.28. The van der Waals surface area contributed by atoms with E-state index in [-0.39, 0.29) is 12.5 Å². The molecule has 0 aliphatic rings. The summed E-state index contributed by atoms with van der Waals surface area (Å²) >= 11 is 7.36. The van der Waals surface area contributed by atoms with Crippen LogP contribution in [0, 0.1) is 13.8 Å². The number of carbonyl (C=O) groups is 2. The number of nitrogens with zero attached hydrogens (tertiary/aromatic N) is 1. The number of amides is 3. The van der Waals surface area contributed by atoms with Crippen molar-refractivity contribution in [1.29, 1.82) is 0 Å². The average molecular weight is 366 g/mol. The van der Waals surface area contributed by atoms with E-state index in [1.165, 1.54) is 11.3 Å². The molecule has 0 aliphatic heterocycles. The van der Waals surface area contributed by atoms with Crippen LogP contribution < -0.4 is 10.6 Å². The predicted molar refractivity (Wildman–Crippen MR) is 98.7 cm³/mol. The summed E-state index contributed by atoms with van der Waals surface area (Å²) in [6.07, 6.45) is 0. The van der Waals surface area contributed by atoms with Crippen LogP contribution in [0.2, 0.25) is 4.34 Å². The molecule has 0 saturated carbocycles. The van der Waals surface area contributed by atoms with Crippen LogP contribution in [-0.4, -0.2) is 30.4 Å². The molecule has 0 unspecified atom stereocenters. The molecule has 0 bridgehead atoms. The van der Waals surface area contributed by atoms with Crippen molar-refractivity contribution >= 4 is 40.6 Å². The minimum absolute atomic E-state index is 0.121. The van der Waals surface area contributed by atoms with Gasteiger partial charge < -0.3 is 5.32 Å². The number of halogens is 1. The van der Waals surface area contributed by atoms with Crippen molar-refractivity contribution in [2.45, 2.75) is 20.4 Å². The summed E-state index contributed by atoms with van der Waals surface area (Å²) in [5.41, 5.74) is 2.75. The molecule has 2 rings (SSSR count). The van der Waals surface area contributed by atoms with Crippen molar-refractivity contribution < 1.29 is 9.59 Å². The lowest BCUT2D eigenvalue weighted by molar-refractivity contribution is -0.120. The lowest BCUT2D eigenvalue weighted by Crippen LogP contribution is -2.40. The van der Waals surface area contributed by atoms with Crippen molar-refractivity contribution in [3.8, 4) is 0 Å². The van der Waals surface area contributed by atoms with Gasteiger partial charge in [0.2, 0.25) is 5.91 Å². The van der Waals surface area contributed by atoms with Crippen molar-refractivity contribution in [2.75, 3.05) is 18.9 Å².